The number of carbonyl (C=O) groups excluding carboxylic acids is 8. The summed E-state index contributed by atoms with van der Waals surface area (Å²) in [6.45, 7) is 9.87. The first-order chi connectivity index (χ1) is 42.4. The van der Waals surface area contributed by atoms with Gasteiger partial charge in [0.2, 0.25) is 0 Å². The lowest BCUT2D eigenvalue weighted by molar-refractivity contribution is -0.182. The molecular weight excluding hydrogens is 1140 g/mol. The molecular formula is C72H83ClN2O13. The lowest BCUT2D eigenvalue weighted by atomic mass is 9.75. The van der Waals surface area contributed by atoms with E-state index >= 15 is 0 Å². The van der Waals surface area contributed by atoms with Crippen LogP contribution in [-0.2, 0) is 62.8 Å². The number of likely N-dealkylation sites (tertiary alicyclic amines) is 1. The molecule has 2 aliphatic carbocycles. The third kappa shape index (κ3) is 15.1. The van der Waals surface area contributed by atoms with Gasteiger partial charge < -0.3 is 38.7 Å². The van der Waals surface area contributed by atoms with Gasteiger partial charge in [0.05, 0.1) is 18.9 Å². The highest BCUT2D eigenvalue weighted by Gasteiger charge is 2.51. The number of halogens is 1. The van der Waals surface area contributed by atoms with E-state index in [2.05, 4.69) is 29.6 Å². The van der Waals surface area contributed by atoms with Crippen molar-refractivity contribution in [1.82, 2.24) is 10.2 Å². The Labute approximate surface area is 521 Å². The lowest BCUT2D eigenvalue weighted by Crippen LogP contribution is -2.59. The highest BCUT2D eigenvalue weighted by atomic mass is 35.5. The van der Waals surface area contributed by atoms with Crippen LogP contribution in [0.4, 0.5) is 4.79 Å². The molecule has 3 fully saturated rings. The molecule has 2 amide bonds. The molecule has 0 spiro atoms. The monoisotopic (exact) mass is 1220 g/mol. The van der Waals surface area contributed by atoms with Crippen molar-refractivity contribution in [3.63, 3.8) is 0 Å². The number of ketones is 2. The summed E-state index contributed by atoms with van der Waals surface area (Å²) in [5.41, 5.74) is 4.51. The minimum Gasteiger partial charge on any atom is -0.462 e. The summed E-state index contributed by atoms with van der Waals surface area (Å²) in [5, 5.41) is 3.20. The molecule has 1 N–H and O–H groups in total. The maximum atomic E-state index is 14.5. The number of alkyl carbamates (subject to hydrolysis) is 1. The predicted molar refractivity (Wildman–Crippen MR) is 333 cm³/mol. The van der Waals surface area contributed by atoms with Gasteiger partial charge in [0.15, 0.2) is 5.60 Å². The Kier molecular flexibility index (Phi) is 21.9. The fraction of sp³-hybridized carbons (Fsp3) is 0.472. The van der Waals surface area contributed by atoms with Crippen molar-refractivity contribution >= 4 is 59.4 Å². The average Bonchev–Trinajstić information content (AvgIpc) is 3.53. The summed E-state index contributed by atoms with van der Waals surface area (Å²) in [7, 11) is 0. The number of nitrogens with one attached hydrogen (secondary N) is 1. The Hall–Kier alpha value is -7.49. The number of fused-ring (bicyclic) bond motifs is 3. The van der Waals surface area contributed by atoms with Crippen molar-refractivity contribution in [3.05, 3.63) is 166 Å². The first-order valence-corrected chi connectivity index (χ1v) is 31.8. The van der Waals surface area contributed by atoms with Gasteiger partial charge in [-0.05, 0) is 130 Å². The molecule has 2 heterocycles. The van der Waals surface area contributed by atoms with Crippen LogP contribution in [0.1, 0.15) is 163 Å². The number of ether oxygens (including phenoxy) is 5. The van der Waals surface area contributed by atoms with Gasteiger partial charge in [-0.3, -0.25) is 24.0 Å². The molecule has 5 aromatic rings. The summed E-state index contributed by atoms with van der Waals surface area (Å²) in [6.07, 6.45) is 3.39. The smallest absolute Gasteiger partial charge is 0.407 e. The summed E-state index contributed by atoms with van der Waals surface area (Å²) in [6, 6.07) is 39.5. The van der Waals surface area contributed by atoms with Gasteiger partial charge in [-0.1, -0.05) is 159 Å². The SMILES string of the molecule is Cc1ccc(C(OC(=O)CCC(=O)O[C@@H]2CC[C@@H](C[C@@H](C)[C@H](CC(=O)CCCNC(=O)OCC3c4ccccc4-c4ccccc43)OC(=O)[C@@H]3CCCCN3C(=O)C(=O)[C@]3(C)O[C@H](CC=O)CC[C@H]3C)C[C@H]2C)(c2ccccc2)c2ccccc2Cl)cc1. The Morgan fingerprint density at radius 3 is 2.12 bits per heavy atom. The average molecular weight is 1220 g/mol. The van der Waals surface area contributed by atoms with Crippen molar-refractivity contribution in [2.45, 2.75) is 172 Å². The van der Waals surface area contributed by atoms with Crippen LogP contribution in [-0.4, -0.2) is 102 Å². The number of Topliss-reactive ketones (excluding diaryl/α,β-unsaturated/α-hetero) is 2. The van der Waals surface area contributed by atoms with E-state index in [0.717, 1.165) is 34.1 Å². The van der Waals surface area contributed by atoms with Gasteiger partial charge in [0.25, 0.3) is 11.7 Å². The summed E-state index contributed by atoms with van der Waals surface area (Å²) in [5.74, 6) is -4.31. The van der Waals surface area contributed by atoms with E-state index in [4.69, 9.17) is 35.3 Å². The largest absolute Gasteiger partial charge is 0.462 e. The molecule has 466 valence electrons. The fourth-order valence-electron chi connectivity index (χ4n) is 13.6. The second-order valence-corrected chi connectivity index (χ2v) is 25.3. The van der Waals surface area contributed by atoms with Gasteiger partial charge in [0, 0.05) is 60.0 Å². The predicted octanol–water partition coefficient (Wildman–Crippen LogP) is 12.9. The normalized spacial score (nSPS) is 23.0. The molecule has 2 aliphatic heterocycles. The van der Waals surface area contributed by atoms with E-state index in [-0.39, 0.29) is 93.6 Å². The summed E-state index contributed by atoms with van der Waals surface area (Å²) < 4.78 is 30.9. The van der Waals surface area contributed by atoms with Crippen molar-refractivity contribution in [2.75, 3.05) is 19.7 Å². The van der Waals surface area contributed by atoms with E-state index < -0.39 is 71.2 Å². The number of carbonyl (C=O) groups is 8. The third-order valence-electron chi connectivity index (χ3n) is 18.8. The molecule has 0 bridgehead atoms. The first kappa shape index (κ1) is 65.0. The maximum Gasteiger partial charge on any atom is 0.407 e. The molecule has 4 aliphatic rings. The maximum absolute atomic E-state index is 14.5. The third-order valence-corrected chi connectivity index (χ3v) is 19.1. The van der Waals surface area contributed by atoms with E-state index in [1.54, 1.807) is 13.0 Å². The molecule has 1 unspecified atom stereocenters. The van der Waals surface area contributed by atoms with Crippen molar-refractivity contribution in [2.24, 2.45) is 23.7 Å². The van der Waals surface area contributed by atoms with Crippen molar-refractivity contribution in [3.8, 4) is 11.1 Å². The van der Waals surface area contributed by atoms with Crippen LogP contribution in [0.25, 0.3) is 11.1 Å². The van der Waals surface area contributed by atoms with Crippen LogP contribution in [0.3, 0.4) is 0 Å². The van der Waals surface area contributed by atoms with E-state index in [1.807, 2.05) is 125 Å². The molecule has 2 saturated heterocycles. The summed E-state index contributed by atoms with van der Waals surface area (Å²) in [4.78, 5) is 110. The number of aryl methyl sites for hydroxylation is 1. The second kappa shape index (κ2) is 29.7. The van der Waals surface area contributed by atoms with Crippen LogP contribution in [0.5, 0.6) is 0 Å². The van der Waals surface area contributed by atoms with Crippen LogP contribution in [0, 0.1) is 30.6 Å². The van der Waals surface area contributed by atoms with Gasteiger partial charge in [-0.15, -0.1) is 0 Å². The molecule has 0 radical (unpaired) electrons. The molecule has 1 saturated carbocycles. The molecule has 9 rings (SSSR count). The fourth-order valence-corrected chi connectivity index (χ4v) is 13.9. The van der Waals surface area contributed by atoms with E-state index in [0.29, 0.717) is 79.5 Å². The molecule has 88 heavy (non-hydrogen) atoms. The summed E-state index contributed by atoms with van der Waals surface area (Å²) >= 11 is 6.88. The topological polar surface area (TPSA) is 198 Å². The second-order valence-electron chi connectivity index (χ2n) is 24.9. The zero-order valence-corrected chi connectivity index (χ0v) is 52.0. The highest BCUT2D eigenvalue weighted by molar-refractivity contribution is 6.39. The standard InChI is InChI=1S/C72H83ClN2O13/c1-46-28-32-52(33-29-46)72(51-18-7-6-8-19-51,60-25-13-14-26-61(60)73)88-66(79)37-36-65(78)85-63-35-31-50(42-47(63)2)43-48(3)64(86-69(82)62-27-15-16-40-75(62)68(81)67(80)71(5)49(4)30-34-54(87-71)38-41-76)44-53(77)20-17-39-74-70(83)84-45-59-57-23-11-9-21-55(57)56-22-10-12-24-58(56)59/h6-14,18-19,21-26,28-29,32-33,41,47-50,54,59,62-64H,15-17,20,27,30-31,34-40,42-45H2,1-5H3,(H,74,83)/t47-,48-,49-,50-,54+,62+,63-,64+,71-,72?/m1/s1. The van der Waals surface area contributed by atoms with Crippen LogP contribution < -0.4 is 5.32 Å². The number of rotatable bonds is 25. The molecule has 16 heteroatoms. The number of benzene rings is 5. The van der Waals surface area contributed by atoms with E-state index in [9.17, 15) is 38.4 Å². The number of aldehydes is 1. The van der Waals surface area contributed by atoms with Gasteiger partial charge >= 0.3 is 24.0 Å². The van der Waals surface area contributed by atoms with Crippen molar-refractivity contribution in [1.29, 1.82) is 0 Å². The lowest BCUT2D eigenvalue weighted by Gasteiger charge is -2.43. The number of nitrogens with zero attached hydrogens (tertiary/aromatic N) is 1. The Morgan fingerprint density at radius 1 is 0.773 bits per heavy atom. The van der Waals surface area contributed by atoms with Crippen LogP contribution in [0.2, 0.25) is 5.02 Å². The van der Waals surface area contributed by atoms with Crippen LogP contribution in [0.15, 0.2) is 127 Å². The number of hydrogen-bond acceptors (Lipinski definition) is 13. The minimum absolute atomic E-state index is 0.0632. The highest BCUT2D eigenvalue weighted by Crippen LogP contribution is 2.46. The molecule has 15 nitrogen and oxygen atoms in total. The van der Waals surface area contributed by atoms with Gasteiger partial charge in [-0.2, -0.15) is 0 Å². The molecule has 10 atom stereocenters. The first-order valence-electron chi connectivity index (χ1n) is 31.5. The number of hydrogen-bond donors (Lipinski definition) is 1. The Balaban J connectivity index is 0.816. The van der Waals surface area contributed by atoms with Crippen LogP contribution >= 0.6 is 11.6 Å². The van der Waals surface area contributed by atoms with Crippen molar-refractivity contribution < 1.29 is 62.0 Å². The Bertz CT molecular complexity index is 3250. The van der Waals surface area contributed by atoms with Gasteiger partial charge in [0.1, 0.15) is 42.5 Å². The Morgan fingerprint density at radius 2 is 1.43 bits per heavy atom. The number of piperidine rings is 1. The number of amides is 2. The quantitative estimate of drug-likeness (QED) is 0.0145. The molecule has 5 aromatic carbocycles. The molecule has 0 aromatic heterocycles. The zero-order valence-electron chi connectivity index (χ0n) is 51.3. The van der Waals surface area contributed by atoms with Gasteiger partial charge in [-0.25, -0.2) is 9.59 Å². The zero-order chi connectivity index (χ0) is 62.5. The number of esters is 3. The minimum atomic E-state index is -1.49. The van der Waals surface area contributed by atoms with E-state index in [1.165, 1.54) is 4.90 Å².